The number of hydrogen-bond donors (Lipinski definition) is 0. The molecule has 1 aromatic carbocycles. The Kier molecular flexibility index (Phi) is 1.72. The molecule has 0 aliphatic heterocycles. The van der Waals surface area contributed by atoms with Crippen molar-refractivity contribution in [2.75, 3.05) is 0 Å². The van der Waals surface area contributed by atoms with Crippen molar-refractivity contribution in [1.29, 1.82) is 0 Å². The van der Waals surface area contributed by atoms with Gasteiger partial charge in [-0.3, -0.25) is 4.79 Å². The quantitative estimate of drug-likeness (QED) is 0.560. The van der Waals surface area contributed by atoms with Crippen molar-refractivity contribution in [1.82, 2.24) is 0 Å². The smallest absolute Gasteiger partial charge is 0.150 e. The molecule has 0 amide bonds. The highest BCUT2D eigenvalue weighted by atomic mass is 16.1. The normalized spacial score (nSPS) is 10.9. The summed E-state index contributed by atoms with van der Waals surface area (Å²) in [6.07, 6.45) is 0.857. The van der Waals surface area contributed by atoms with E-state index in [9.17, 15) is 4.79 Å². The highest BCUT2D eigenvalue weighted by Gasteiger charge is 1.98. The first kappa shape index (κ1) is 6.59. The Morgan fingerprint density at radius 1 is 1.27 bits per heavy atom. The molecule has 0 aromatic heterocycles. The first-order valence-corrected chi connectivity index (χ1v) is 3.53. The van der Waals surface area contributed by atoms with Crippen LogP contribution in [-0.2, 0) is 0 Å². The Labute approximate surface area is 68.5 Å². The zero-order valence-corrected chi connectivity index (χ0v) is 6.85. The second kappa shape index (κ2) is 2.87. The maximum absolute atomic E-state index is 10.5. The number of carbonyl (C=O) groups excluding carboxylic acids is 1. The third-order valence-corrected chi connectivity index (χ3v) is 1.85. The van der Waals surface area contributed by atoms with Crippen molar-refractivity contribution in [2.24, 2.45) is 0 Å². The van der Waals surface area contributed by atoms with Crippen molar-refractivity contribution < 1.29 is 6.17 Å². The minimum absolute atomic E-state index is 0.284. The third kappa shape index (κ3) is 1.48. The number of aryl methyl sites for hydroxylation is 3. The molecule has 0 aliphatic carbocycles. The van der Waals surface area contributed by atoms with Crippen LogP contribution in [0.1, 0.15) is 28.4 Å². The molecule has 0 radical (unpaired) electrons. The van der Waals surface area contributed by atoms with Crippen LogP contribution < -0.4 is 0 Å². The summed E-state index contributed by atoms with van der Waals surface area (Å²) in [5.74, 6) is 0. The predicted octanol–water partition coefficient (Wildman–Crippen LogP) is 2.42. The number of benzene rings is 1. The molecular formula is C10H12O. The molecule has 0 spiro atoms. The van der Waals surface area contributed by atoms with Crippen LogP contribution in [0, 0.1) is 20.7 Å². The summed E-state index contributed by atoms with van der Waals surface area (Å²) in [5, 5.41) is 0. The van der Waals surface area contributed by atoms with Crippen LogP contribution in [0.4, 0.5) is 0 Å². The second-order valence-electron chi connectivity index (χ2n) is 2.75. The number of hydrogen-bond acceptors (Lipinski definition) is 1. The molecule has 0 N–H and O–H groups in total. The summed E-state index contributed by atoms with van der Waals surface area (Å²) >= 11 is 0. The number of aldehydes is 1. The molecule has 0 bridgehead atoms. The standard InChI is InChI=1S/C10H12O/c1-7-4-9(3)10(6-11)5-8(7)2/h4-6H,1-3H3/i1D. The molecule has 0 saturated carbocycles. The topological polar surface area (TPSA) is 17.1 Å². The van der Waals surface area contributed by atoms with Crippen molar-refractivity contribution in [3.05, 3.63) is 34.4 Å². The van der Waals surface area contributed by atoms with E-state index in [1.807, 2.05) is 26.0 Å². The van der Waals surface area contributed by atoms with Crippen molar-refractivity contribution >= 4 is 6.29 Å². The van der Waals surface area contributed by atoms with Crippen LogP contribution in [0.5, 0.6) is 0 Å². The second-order valence-corrected chi connectivity index (χ2v) is 2.75. The van der Waals surface area contributed by atoms with E-state index >= 15 is 0 Å². The van der Waals surface area contributed by atoms with Gasteiger partial charge in [0.2, 0.25) is 0 Å². The molecule has 0 heterocycles. The summed E-state index contributed by atoms with van der Waals surface area (Å²) in [7, 11) is 0. The minimum Gasteiger partial charge on any atom is -0.298 e. The summed E-state index contributed by atoms with van der Waals surface area (Å²) < 4.78 is 7.22. The average Bonchev–Trinajstić information content (AvgIpc) is 2.08. The van der Waals surface area contributed by atoms with Gasteiger partial charge < -0.3 is 0 Å². The Balaban J connectivity index is 3.25. The van der Waals surface area contributed by atoms with E-state index in [1.54, 1.807) is 0 Å². The zero-order valence-electron chi connectivity index (χ0n) is 7.85. The van der Waals surface area contributed by atoms with Crippen molar-refractivity contribution in [3.8, 4) is 0 Å². The lowest BCUT2D eigenvalue weighted by Gasteiger charge is -2.03. The summed E-state index contributed by atoms with van der Waals surface area (Å²) in [5.41, 5.74) is 3.71. The lowest BCUT2D eigenvalue weighted by atomic mass is 10.0. The molecular weight excluding hydrogens is 136 g/mol. The van der Waals surface area contributed by atoms with Crippen LogP contribution in [-0.4, -0.2) is 6.29 Å². The third-order valence-electron chi connectivity index (χ3n) is 1.85. The Morgan fingerprint density at radius 2 is 2.00 bits per heavy atom. The Bertz CT molecular complexity index is 305. The molecule has 1 nitrogen and oxygen atoms in total. The molecule has 0 saturated heterocycles. The van der Waals surface area contributed by atoms with E-state index < -0.39 is 0 Å². The van der Waals surface area contributed by atoms with Crippen molar-refractivity contribution in [2.45, 2.75) is 20.7 Å². The Hall–Kier alpha value is -1.11. The lowest BCUT2D eigenvalue weighted by molar-refractivity contribution is 0.112. The molecule has 11 heavy (non-hydrogen) atoms. The summed E-state index contributed by atoms with van der Waals surface area (Å²) in [4.78, 5) is 10.5. The number of rotatable bonds is 1. The first-order valence-electron chi connectivity index (χ1n) is 4.24. The number of carbonyl (C=O) groups is 1. The van der Waals surface area contributed by atoms with Gasteiger partial charge in [0.1, 0.15) is 6.29 Å². The molecule has 1 rings (SSSR count). The first-order chi connectivity index (χ1) is 5.69. The van der Waals surface area contributed by atoms with Gasteiger partial charge in [-0.2, -0.15) is 0 Å². The zero-order chi connectivity index (χ0) is 9.14. The van der Waals surface area contributed by atoms with Crippen LogP contribution >= 0.6 is 0 Å². The predicted molar refractivity (Wildman–Crippen MR) is 46.0 cm³/mol. The van der Waals surface area contributed by atoms with Gasteiger partial charge in [0.25, 0.3) is 0 Å². The summed E-state index contributed by atoms with van der Waals surface area (Å²) in [6.45, 7) is 4.10. The molecule has 0 atom stereocenters. The van der Waals surface area contributed by atoms with Gasteiger partial charge in [0, 0.05) is 6.93 Å². The van der Waals surface area contributed by atoms with Crippen LogP contribution in [0.2, 0.25) is 0 Å². The molecule has 0 fully saturated rings. The van der Waals surface area contributed by atoms with Gasteiger partial charge in [-0.05, 0) is 43.5 Å². The highest BCUT2D eigenvalue weighted by molar-refractivity contribution is 5.77. The van der Waals surface area contributed by atoms with Crippen LogP contribution in [0.3, 0.4) is 0 Å². The Morgan fingerprint density at radius 3 is 2.55 bits per heavy atom. The van der Waals surface area contributed by atoms with Gasteiger partial charge in [-0.1, -0.05) is 6.07 Å². The van der Waals surface area contributed by atoms with Gasteiger partial charge in [-0.15, -0.1) is 0 Å². The van der Waals surface area contributed by atoms with Gasteiger partial charge in [0.15, 0.2) is 0 Å². The van der Waals surface area contributed by atoms with Gasteiger partial charge >= 0.3 is 0 Å². The fourth-order valence-corrected chi connectivity index (χ4v) is 1.03. The molecule has 0 aliphatic rings. The molecule has 58 valence electrons. The van der Waals surface area contributed by atoms with E-state index in [0.29, 0.717) is 0 Å². The van der Waals surface area contributed by atoms with Crippen LogP contribution in [0.25, 0.3) is 0 Å². The highest BCUT2D eigenvalue weighted by Crippen LogP contribution is 2.12. The SMILES string of the molecule is [2H]Cc1cc(C)c(C=O)cc1C. The summed E-state index contributed by atoms with van der Waals surface area (Å²) in [6, 6.07) is 3.75. The van der Waals surface area contributed by atoms with E-state index in [-0.39, 0.29) is 6.90 Å². The van der Waals surface area contributed by atoms with E-state index in [2.05, 4.69) is 0 Å². The van der Waals surface area contributed by atoms with Crippen molar-refractivity contribution in [3.63, 3.8) is 0 Å². The van der Waals surface area contributed by atoms with E-state index in [4.69, 9.17) is 1.37 Å². The molecule has 0 unspecified atom stereocenters. The van der Waals surface area contributed by atoms with E-state index in [1.165, 1.54) is 0 Å². The maximum Gasteiger partial charge on any atom is 0.150 e. The molecule has 1 heteroatoms. The average molecular weight is 149 g/mol. The monoisotopic (exact) mass is 149 g/mol. The van der Waals surface area contributed by atoms with Gasteiger partial charge in [0.05, 0.1) is 0 Å². The molecule has 1 aromatic rings. The lowest BCUT2D eigenvalue weighted by Crippen LogP contribution is -1.90. The van der Waals surface area contributed by atoms with E-state index in [0.717, 1.165) is 28.5 Å². The van der Waals surface area contributed by atoms with Gasteiger partial charge in [-0.25, -0.2) is 0 Å². The van der Waals surface area contributed by atoms with Crippen LogP contribution in [0.15, 0.2) is 12.1 Å². The maximum atomic E-state index is 10.5. The largest absolute Gasteiger partial charge is 0.298 e. The fraction of sp³-hybridized carbons (Fsp3) is 0.300. The fourth-order valence-electron chi connectivity index (χ4n) is 1.03. The minimum atomic E-state index is 0.284.